The van der Waals surface area contributed by atoms with Crippen LogP contribution < -0.4 is 22.1 Å². The lowest BCUT2D eigenvalue weighted by atomic mass is 9.87. The molecule has 4 aromatic rings. The molecule has 63 heavy (non-hydrogen) atoms. The van der Waals surface area contributed by atoms with Crippen LogP contribution in [-0.4, -0.2) is 140 Å². The fourth-order valence-electron chi connectivity index (χ4n) is 5.76. The van der Waals surface area contributed by atoms with Crippen LogP contribution in [0.2, 0.25) is 0 Å². The lowest BCUT2D eigenvalue weighted by molar-refractivity contribution is -0.138. The number of hydrogen-bond acceptors (Lipinski definition) is 19. The number of aromatic nitrogens is 5. The van der Waals surface area contributed by atoms with E-state index in [0.717, 1.165) is 33.7 Å². The minimum atomic E-state index is -5.54. The van der Waals surface area contributed by atoms with Crippen molar-refractivity contribution in [3.8, 4) is 0 Å². The summed E-state index contributed by atoms with van der Waals surface area (Å²) in [6.45, 7) is 0.723. The number of H-pyrrole nitrogens is 1. The third kappa shape index (κ3) is 14.8. The number of para-hydroxylation sites is 1. The molecule has 8 unspecified atom stereocenters. The Labute approximate surface area is 362 Å². The number of nitrogens with zero attached hydrogens (tertiary/aromatic N) is 4. The summed E-state index contributed by atoms with van der Waals surface area (Å²) in [5.41, 5.74) is 11.7. The van der Waals surface area contributed by atoms with Crippen LogP contribution in [0.3, 0.4) is 0 Å². The Bertz CT molecular complexity index is 2370. The van der Waals surface area contributed by atoms with Crippen LogP contribution in [0.15, 0.2) is 43.1 Å². The van der Waals surface area contributed by atoms with Gasteiger partial charge >= 0.3 is 29.4 Å². The topological polar surface area (TPSA) is 426 Å². The Morgan fingerprint density at radius 1 is 1.05 bits per heavy atom. The average molecular weight is 972 g/mol. The molecule has 14 N–H and O–H groups in total. The van der Waals surface area contributed by atoms with Crippen LogP contribution in [-0.2, 0) is 57.1 Å². The summed E-state index contributed by atoms with van der Waals surface area (Å²) in [6, 6.07) is 6.91. The predicted molar refractivity (Wildman–Crippen MR) is 221 cm³/mol. The largest absolute Gasteiger partial charge is 0.481 e. The maximum absolute atomic E-state index is 12.6. The number of phosphoric acid groups is 3. The summed E-state index contributed by atoms with van der Waals surface area (Å²) in [4.78, 5) is 88.3. The summed E-state index contributed by atoms with van der Waals surface area (Å²) in [5.74, 6) is -1.92. The number of aliphatic hydroxyl groups excluding tert-OH is 2. The van der Waals surface area contributed by atoms with Crippen LogP contribution in [0.25, 0.3) is 22.1 Å². The van der Waals surface area contributed by atoms with Gasteiger partial charge in [0.2, 0.25) is 11.8 Å². The smallest absolute Gasteiger partial charge is 0.480 e. The minimum Gasteiger partial charge on any atom is -0.480 e. The van der Waals surface area contributed by atoms with Gasteiger partial charge in [-0.2, -0.15) is 16.9 Å². The van der Waals surface area contributed by atoms with Crippen LogP contribution in [0.4, 0.5) is 5.82 Å². The SMILES string of the molecule is CC(C)(COP(=O)(O)OP(=O)(O)OCC1OC(n2cnc3c(N)ncnc32)C(O)C1OP(=O)(O)O)C(O)C(=O)NCCC(=O)NCCS.NC(Cc1c[nH]c2ccccc12)C(=O)O. The summed E-state index contributed by atoms with van der Waals surface area (Å²) < 4.78 is 61.7. The van der Waals surface area contributed by atoms with Crippen molar-refractivity contribution in [2.75, 3.05) is 37.8 Å². The number of phosphoric ester groups is 3. The van der Waals surface area contributed by atoms with Gasteiger partial charge in [-0.05, 0) is 11.6 Å². The fraction of sp³-hybridized carbons (Fsp3) is 0.500. The van der Waals surface area contributed by atoms with Gasteiger partial charge in [-0.25, -0.2) is 28.6 Å². The van der Waals surface area contributed by atoms with Crippen LogP contribution in [0.5, 0.6) is 0 Å². The van der Waals surface area contributed by atoms with Crippen molar-refractivity contribution in [2.45, 2.75) is 63.4 Å². The number of aromatic amines is 1. The number of ether oxygens (including phenoxy) is 1. The van der Waals surface area contributed by atoms with Crippen LogP contribution >= 0.6 is 36.1 Å². The van der Waals surface area contributed by atoms with Crippen LogP contribution in [0.1, 0.15) is 32.1 Å². The molecule has 0 aliphatic carbocycles. The van der Waals surface area contributed by atoms with E-state index < -0.39 is 90.7 Å². The van der Waals surface area contributed by atoms with E-state index in [1.165, 1.54) is 13.8 Å². The number of fused-ring (bicyclic) bond motifs is 2. The van der Waals surface area contributed by atoms with E-state index in [2.05, 4.69) is 52.0 Å². The third-order valence-corrected chi connectivity index (χ3v) is 12.3. The van der Waals surface area contributed by atoms with Crippen molar-refractivity contribution in [3.63, 3.8) is 0 Å². The van der Waals surface area contributed by atoms with Gasteiger partial charge in [0.25, 0.3) is 0 Å². The van der Waals surface area contributed by atoms with Crippen molar-refractivity contribution in [2.24, 2.45) is 11.1 Å². The zero-order valence-corrected chi connectivity index (χ0v) is 36.9. The van der Waals surface area contributed by atoms with Gasteiger partial charge in [-0.1, -0.05) is 32.0 Å². The zero-order valence-electron chi connectivity index (χ0n) is 33.3. The molecule has 1 aromatic carbocycles. The summed E-state index contributed by atoms with van der Waals surface area (Å²) in [7, 11) is -16.3. The second kappa shape index (κ2) is 21.8. The van der Waals surface area contributed by atoms with E-state index in [-0.39, 0.29) is 35.9 Å². The second-order valence-electron chi connectivity index (χ2n) is 14.3. The number of aliphatic hydroxyl groups is 2. The highest BCUT2D eigenvalue weighted by Gasteiger charge is 2.50. The molecule has 0 saturated carbocycles. The maximum Gasteiger partial charge on any atom is 0.481 e. The number of aliphatic carboxylic acids is 1. The molecule has 5 rings (SSSR count). The van der Waals surface area contributed by atoms with Gasteiger partial charge in [-0.15, -0.1) is 0 Å². The second-order valence-corrected chi connectivity index (χ2v) is 19.0. The Morgan fingerprint density at radius 2 is 1.73 bits per heavy atom. The number of imidazole rings is 1. The lowest BCUT2D eigenvalue weighted by Crippen LogP contribution is -2.46. The zero-order chi connectivity index (χ0) is 46.9. The molecule has 1 aliphatic heterocycles. The summed E-state index contributed by atoms with van der Waals surface area (Å²) in [6.07, 6.45) is -4.58. The maximum atomic E-state index is 12.6. The highest BCUT2D eigenvalue weighted by molar-refractivity contribution is 7.80. The molecule has 350 valence electrons. The molecule has 1 saturated heterocycles. The number of carbonyl (C=O) groups is 3. The number of nitrogens with two attached hydrogens (primary N) is 2. The quantitative estimate of drug-likeness (QED) is 0.0368. The molecular formula is C32H48N9O18P3S. The first-order chi connectivity index (χ1) is 29.3. The van der Waals surface area contributed by atoms with Gasteiger partial charge in [0.1, 0.15) is 42.3 Å². The van der Waals surface area contributed by atoms with Crippen molar-refractivity contribution in [3.05, 3.63) is 48.7 Å². The average Bonchev–Trinajstić information content (AvgIpc) is 3.90. The molecule has 27 nitrogen and oxygen atoms in total. The highest BCUT2D eigenvalue weighted by atomic mass is 32.1. The number of hydrogen-bond donors (Lipinski definition) is 13. The molecule has 4 heterocycles. The van der Waals surface area contributed by atoms with Gasteiger partial charge < -0.3 is 66.7 Å². The number of carboxylic acids is 1. The van der Waals surface area contributed by atoms with Gasteiger partial charge in [0.05, 0.1) is 19.5 Å². The standard InChI is InChI=1S/C21H36N7O16P3S.C11H12N2O2/c1-21(2,16(31)19(32)24-4-3-12(29)23-5-6-48)8-41-47(38,39)44-46(36,37)40-7-11-15(43-45(33,34)35)14(30)20(42-11)28-10-27-13-17(22)25-9-26-18(13)28;12-9(11(14)15)5-7-6-13-10-4-2-1-3-8(7)10/h9-11,14-16,20,30-31,48H,3-8H2,1-2H3,(H,23,29)(H,24,32)(H,36,37)(H,38,39)(H2,22,25,26)(H2,33,34,35);1-4,6,9,13H,5,12H2,(H,14,15). The van der Waals surface area contributed by atoms with Crippen molar-refractivity contribution >= 4 is 81.8 Å². The number of thiol groups is 1. The molecule has 2 amide bonds. The molecule has 8 atom stereocenters. The van der Waals surface area contributed by atoms with Crippen molar-refractivity contribution < 1.29 is 85.6 Å². The molecule has 0 bridgehead atoms. The molecule has 1 fully saturated rings. The Kier molecular flexibility index (Phi) is 17.9. The normalized spacial score (nSPS) is 20.9. The monoisotopic (exact) mass is 971 g/mol. The van der Waals surface area contributed by atoms with E-state index in [9.17, 15) is 57.9 Å². The molecule has 1 aliphatic rings. The Hall–Kier alpha value is -3.92. The predicted octanol–water partition coefficient (Wildman–Crippen LogP) is -0.543. The summed E-state index contributed by atoms with van der Waals surface area (Å²) in [5, 5.41) is 35.8. The van der Waals surface area contributed by atoms with Gasteiger partial charge in [0.15, 0.2) is 17.7 Å². The molecule has 0 radical (unpaired) electrons. The number of amides is 2. The third-order valence-electron chi connectivity index (χ3n) is 8.94. The number of nitrogens with one attached hydrogen (secondary N) is 3. The lowest BCUT2D eigenvalue weighted by Gasteiger charge is -2.30. The Balaban J connectivity index is 0.000000484. The first kappa shape index (κ1) is 51.7. The van der Waals surface area contributed by atoms with E-state index >= 15 is 0 Å². The first-order valence-electron chi connectivity index (χ1n) is 18.4. The number of anilines is 1. The summed E-state index contributed by atoms with van der Waals surface area (Å²) >= 11 is 3.95. The number of rotatable bonds is 21. The molecule has 0 spiro atoms. The highest BCUT2D eigenvalue weighted by Crippen LogP contribution is 2.61. The fourth-order valence-corrected chi connectivity index (χ4v) is 8.70. The first-order valence-corrected chi connectivity index (χ1v) is 23.5. The van der Waals surface area contributed by atoms with E-state index in [1.807, 2.05) is 30.5 Å². The molecule has 31 heteroatoms. The van der Waals surface area contributed by atoms with E-state index in [4.69, 9.17) is 30.4 Å². The van der Waals surface area contributed by atoms with Crippen molar-refractivity contribution in [1.29, 1.82) is 0 Å². The number of carboxylic acid groups (broad SMARTS) is 1. The van der Waals surface area contributed by atoms with E-state index in [1.54, 1.807) is 0 Å². The van der Waals surface area contributed by atoms with E-state index in [0.29, 0.717) is 18.7 Å². The van der Waals surface area contributed by atoms with Crippen molar-refractivity contribution in [1.82, 2.24) is 35.1 Å². The Morgan fingerprint density at radius 3 is 2.40 bits per heavy atom. The van der Waals surface area contributed by atoms with Crippen LogP contribution in [0, 0.1) is 5.41 Å². The molecule has 3 aromatic heterocycles. The minimum absolute atomic E-state index is 0.0363. The number of benzene rings is 1. The van der Waals surface area contributed by atoms with Gasteiger partial charge in [-0.3, -0.25) is 32.5 Å². The molecular weight excluding hydrogens is 923 g/mol. The number of carbonyl (C=O) groups excluding carboxylic acids is 2. The number of nitrogen functional groups attached to an aromatic ring is 1. The van der Waals surface area contributed by atoms with Gasteiger partial charge in [0, 0.05) is 54.2 Å².